The number of hydrogen-bond acceptors (Lipinski definition) is 2. The Kier molecular flexibility index (Phi) is 4.74. The lowest BCUT2D eigenvalue weighted by Crippen LogP contribution is -2.27. The van der Waals surface area contributed by atoms with Crippen LogP contribution in [0.5, 0.6) is 11.5 Å². The van der Waals surface area contributed by atoms with Gasteiger partial charge in [-0.25, -0.2) is 9.07 Å². The third-order valence-electron chi connectivity index (χ3n) is 4.70. The number of fused-ring (bicyclic) bond motifs is 1. The minimum absolute atomic E-state index is 0.0888. The molecule has 4 nitrogen and oxygen atoms in total. The first-order valence-corrected chi connectivity index (χ1v) is 9.44. The SMILES string of the molecule is Cc1ccc(Oc2cc(-c3c(Cl)n4n(c3=O)CCCC4)c(F)cc2Cl)cc1. The molecule has 2 aromatic carbocycles. The molecule has 4 rings (SSSR count). The molecule has 0 saturated carbocycles. The number of benzene rings is 2. The summed E-state index contributed by atoms with van der Waals surface area (Å²) in [7, 11) is 0. The Bertz CT molecular complexity index is 1070. The van der Waals surface area contributed by atoms with Crippen LogP contribution < -0.4 is 10.3 Å². The molecule has 0 saturated heterocycles. The van der Waals surface area contributed by atoms with Gasteiger partial charge in [0.15, 0.2) is 0 Å². The molecule has 27 heavy (non-hydrogen) atoms. The Morgan fingerprint density at radius 1 is 1.04 bits per heavy atom. The van der Waals surface area contributed by atoms with Gasteiger partial charge >= 0.3 is 0 Å². The van der Waals surface area contributed by atoms with Gasteiger partial charge in [-0.15, -0.1) is 0 Å². The molecule has 0 bridgehead atoms. The summed E-state index contributed by atoms with van der Waals surface area (Å²) >= 11 is 12.6. The van der Waals surface area contributed by atoms with Gasteiger partial charge in [-0.1, -0.05) is 40.9 Å². The lowest BCUT2D eigenvalue weighted by atomic mass is 10.1. The largest absolute Gasteiger partial charge is 0.456 e. The summed E-state index contributed by atoms with van der Waals surface area (Å²) in [5.41, 5.74) is 1.02. The fourth-order valence-electron chi connectivity index (χ4n) is 3.28. The molecule has 0 atom stereocenters. The second-order valence-electron chi connectivity index (χ2n) is 6.60. The summed E-state index contributed by atoms with van der Waals surface area (Å²) in [4.78, 5) is 12.8. The Labute approximate surface area is 165 Å². The van der Waals surface area contributed by atoms with Crippen LogP contribution in [-0.2, 0) is 13.1 Å². The minimum atomic E-state index is -0.612. The van der Waals surface area contributed by atoms with E-state index in [9.17, 15) is 9.18 Å². The molecule has 7 heteroatoms. The second kappa shape index (κ2) is 7.06. The van der Waals surface area contributed by atoms with Crippen LogP contribution >= 0.6 is 23.2 Å². The number of hydrogen-bond donors (Lipinski definition) is 0. The summed E-state index contributed by atoms with van der Waals surface area (Å²) < 4.78 is 23.8. The van der Waals surface area contributed by atoms with Crippen molar-refractivity contribution in [2.45, 2.75) is 32.9 Å². The number of halogens is 3. The minimum Gasteiger partial charge on any atom is -0.456 e. The molecule has 0 N–H and O–H groups in total. The molecule has 140 valence electrons. The van der Waals surface area contributed by atoms with Crippen LogP contribution in [-0.4, -0.2) is 9.36 Å². The van der Waals surface area contributed by atoms with Crippen molar-refractivity contribution in [3.8, 4) is 22.6 Å². The number of nitrogens with zero attached hydrogens (tertiary/aromatic N) is 2. The maximum atomic E-state index is 14.7. The highest BCUT2D eigenvalue weighted by atomic mass is 35.5. The lowest BCUT2D eigenvalue weighted by molar-refractivity contribution is 0.356. The summed E-state index contributed by atoms with van der Waals surface area (Å²) in [5.74, 6) is 0.222. The maximum Gasteiger partial charge on any atom is 0.276 e. The van der Waals surface area contributed by atoms with E-state index < -0.39 is 5.82 Å². The summed E-state index contributed by atoms with van der Waals surface area (Å²) in [5, 5.41) is 0.360. The van der Waals surface area contributed by atoms with Crippen LogP contribution in [0.4, 0.5) is 4.39 Å². The number of aromatic nitrogens is 2. The first kappa shape index (κ1) is 18.1. The zero-order valence-corrected chi connectivity index (χ0v) is 16.1. The van der Waals surface area contributed by atoms with Crippen molar-refractivity contribution in [2.24, 2.45) is 0 Å². The van der Waals surface area contributed by atoms with Gasteiger partial charge in [-0.2, -0.15) is 0 Å². The molecule has 0 amide bonds. The summed E-state index contributed by atoms with van der Waals surface area (Å²) in [6.45, 7) is 3.17. The quantitative estimate of drug-likeness (QED) is 0.562. The Balaban J connectivity index is 1.81. The zero-order chi connectivity index (χ0) is 19.1. The highest BCUT2D eigenvalue weighted by Crippen LogP contribution is 2.37. The van der Waals surface area contributed by atoms with Gasteiger partial charge in [0, 0.05) is 18.7 Å². The van der Waals surface area contributed by atoms with Crippen molar-refractivity contribution in [2.75, 3.05) is 0 Å². The Hall–Kier alpha value is -2.24. The summed E-state index contributed by atoms with van der Waals surface area (Å²) in [6, 6.07) is 9.99. The van der Waals surface area contributed by atoms with Crippen molar-refractivity contribution < 1.29 is 9.13 Å². The van der Waals surface area contributed by atoms with Crippen molar-refractivity contribution in [3.05, 3.63) is 68.3 Å². The Morgan fingerprint density at radius 2 is 1.70 bits per heavy atom. The first-order valence-electron chi connectivity index (χ1n) is 8.69. The maximum absolute atomic E-state index is 14.7. The van der Waals surface area contributed by atoms with E-state index in [1.54, 1.807) is 21.5 Å². The number of rotatable bonds is 3. The van der Waals surface area contributed by atoms with Gasteiger partial charge in [0.25, 0.3) is 5.56 Å². The van der Waals surface area contributed by atoms with Crippen molar-refractivity contribution in [3.63, 3.8) is 0 Å². The van der Waals surface area contributed by atoms with E-state index in [-0.39, 0.29) is 32.6 Å². The van der Waals surface area contributed by atoms with Gasteiger partial charge in [0.2, 0.25) is 0 Å². The Morgan fingerprint density at radius 3 is 2.37 bits per heavy atom. The van der Waals surface area contributed by atoms with E-state index in [0.717, 1.165) is 24.5 Å². The third-order valence-corrected chi connectivity index (χ3v) is 5.38. The molecule has 0 unspecified atom stereocenters. The predicted octanol–water partition coefficient (Wildman–Crippen LogP) is 5.66. The van der Waals surface area contributed by atoms with E-state index in [1.165, 1.54) is 6.07 Å². The van der Waals surface area contributed by atoms with Crippen molar-refractivity contribution in [1.29, 1.82) is 0 Å². The molecular weight excluding hydrogens is 390 g/mol. The molecule has 1 aromatic heterocycles. The summed E-state index contributed by atoms with van der Waals surface area (Å²) in [6.07, 6.45) is 1.82. The molecule has 0 spiro atoms. The highest BCUT2D eigenvalue weighted by molar-refractivity contribution is 6.33. The predicted molar refractivity (Wildman–Crippen MR) is 105 cm³/mol. The van der Waals surface area contributed by atoms with Crippen LogP contribution in [0.1, 0.15) is 18.4 Å². The van der Waals surface area contributed by atoms with E-state index in [0.29, 0.717) is 18.8 Å². The molecule has 3 aromatic rings. The van der Waals surface area contributed by atoms with E-state index in [4.69, 9.17) is 27.9 Å². The van der Waals surface area contributed by atoms with Gasteiger partial charge in [0.05, 0.1) is 10.6 Å². The molecule has 0 fully saturated rings. The molecule has 1 aliphatic heterocycles. The highest BCUT2D eigenvalue weighted by Gasteiger charge is 2.25. The number of ether oxygens (including phenoxy) is 1. The average Bonchev–Trinajstić information content (AvgIpc) is 2.91. The molecule has 0 radical (unpaired) electrons. The van der Waals surface area contributed by atoms with Crippen LogP contribution in [0.3, 0.4) is 0 Å². The van der Waals surface area contributed by atoms with Crippen molar-refractivity contribution >= 4 is 23.2 Å². The van der Waals surface area contributed by atoms with E-state index in [1.807, 2.05) is 19.1 Å². The second-order valence-corrected chi connectivity index (χ2v) is 7.37. The average molecular weight is 407 g/mol. The van der Waals surface area contributed by atoms with Gasteiger partial charge in [-0.3, -0.25) is 9.48 Å². The molecule has 0 aliphatic carbocycles. The third kappa shape index (κ3) is 3.26. The van der Waals surface area contributed by atoms with Gasteiger partial charge in [-0.05, 0) is 44.0 Å². The molecule has 2 heterocycles. The standard InChI is InChI=1S/C20H17Cl2FN2O2/c1-12-4-6-13(7-5-12)27-17-10-14(16(23)11-15(17)21)18-19(22)24-8-2-3-9-25(24)20(18)26/h4-7,10-11H,2-3,8-9H2,1H3. The molecular formula is C20H17Cl2FN2O2. The smallest absolute Gasteiger partial charge is 0.276 e. The fourth-order valence-corrected chi connectivity index (χ4v) is 3.83. The van der Waals surface area contributed by atoms with Crippen LogP contribution in [0.25, 0.3) is 11.1 Å². The number of aryl methyl sites for hydroxylation is 1. The zero-order valence-electron chi connectivity index (χ0n) is 14.6. The van der Waals surface area contributed by atoms with Crippen LogP contribution in [0.15, 0.2) is 41.2 Å². The lowest BCUT2D eigenvalue weighted by Gasteiger charge is -2.17. The van der Waals surface area contributed by atoms with Crippen molar-refractivity contribution in [1.82, 2.24) is 9.36 Å². The fraction of sp³-hybridized carbons (Fsp3) is 0.250. The topological polar surface area (TPSA) is 36.2 Å². The first-order chi connectivity index (χ1) is 13.0. The van der Waals surface area contributed by atoms with E-state index >= 15 is 0 Å². The monoisotopic (exact) mass is 406 g/mol. The van der Waals surface area contributed by atoms with Crippen LogP contribution in [0, 0.1) is 12.7 Å². The normalized spacial score (nSPS) is 13.5. The van der Waals surface area contributed by atoms with Gasteiger partial charge in [0.1, 0.15) is 22.5 Å². The van der Waals surface area contributed by atoms with Crippen LogP contribution in [0.2, 0.25) is 10.2 Å². The van der Waals surface area contributed by atoms with Gasteiger partial charge < -0.3 is 4.74 Å². The molecule has 1 aliphatic rings. The van der Waals surface area contributed by atoms with E-state index in [2.05, 4.69) is 0 Å².